The molecule has 0 bridgehead atoms. The van der Waals surface area contributed by atoms with Crippen LogP contribution in [0.5, 0.6) is 0 Å². The van der Waals surface area contributed by atoms with E-state index in [1.807, 2.05) is 13.0 Å². The molecule has 3 nitrogen and oxygen atoms in total. The number of carbonyl (C=O) groups excluding carboxylic acids is 1. The van der Waals surface area contributed by atoms with Gasteiger partial charge in [-0.2, -0.15) is 0 Å². The average molecular weight is 291 g/mol. The minimum atomic E-state index is -0.273. The summed E-state index contributed by atoms with van der Waals surface area (Å²) in [5.74, 6) is -0.273. The maximum atomic E-state index is 11.8. The first-order valence-corrected chi connectivity index (χ1v) is 8.18. The molecule has 0 amide bonds. The lowest BCUT2D eigenvalue weighted by Gasteiger charge is -2.06. The van der Waals surface area contributed by atoms with E-state index in [1.54, 1.807) is 12.1 Å². The largest absolute Gasteiger partial charge is 0.462 e. The molecule has 1 rings (SSSR count). The molecule has 0 aliphatic rings. The van der Waals surface area contributed by atoms with Crippen LogP contribution in [0.4, 0.5) is 5.69 Å². The zero-order valence-electron chi connectivity index (χ0n) is 13.5. The highest BCUT2D eigenvalue weighted by Gasteiger charge is 2.07. The molecule has 2 N–H and O–H groups in total. The van der Waals surface area contributed by atoms with Crippen LogP contribution in [0.3, 0.4) is 0 Å². The lowest BCUT2D eigenvalue weighted by Crippen LogP contribution is -2.07. The van der Waals surface area contributed by atoms with Crippen molar-refractivity contribution in [1.82, 2.24) is 0 Å². The number of nitrogens with two attached hydrogens (primary N) is 1. The molecule has 0 saturated heterocycles. The summed E-state index contributed by atoms with van der Waals surface area (Å²) in [4.78, 5) is 11.8. The summed E-state index contributed by atoms with van der Waals surface area (Å²) in [5.41, 5.74) is 7.95. The molecule has 0 radical (unpaired) electrons. The number of unbranched alkanes of at least 4 members (excludes halogenated alkanes) is 7. The second kappa shape index (κ2) is 10.3. The summed E-state index contributed by atoms with van der Waals surface area (Å²) < 4.78 is 5.27. The smallest absolute Gasteiger partial charge is 0.338 e. The number of ether oxygens (including phenoxy) is 1. The Kier molecular flexibility index (Phi) is 8.56. The maximum absolute atomic E-state index is 11.8. The van der Waals surface area contributed by atoms with Gasteiger partial charge in [-0.15, -0.1) is 0 Å². The number of nitrogen functional groups attached to an aromatic ring is 1. The normalized spacial score (nSPS) is 10.6. The molecule has 118 valence electrons. The van der Waals surface area contributed by atoms with Gasteiger partial charge in [-0.05, 0) is 31.0 Å². The van der Waals surface area contributed by atoms with Crippen LogP contribution in [0.2, 0.25) is 0 Å². The van der Waals surface area contributed by atoms with Crippen molar-refractivity contribution in [3.8, 4) is 0 Å². The Hall–Kier alpha value is -1.51. The summed E-state index contributed by atoms with van der Waals surface area (Å²) in [7, 11) is 0. The van der Waals surface area contributed by atoms with E-state index in [0.717, 1.165) is 18.4 Å². The number of hydrogen-bond acceptors (Lipinski definition) is 3. The molecule has 0 aliphatic carbocycles. The molecule has 0 spiro atoms. The third-order valence-electron chi connectivity index (χ3n) is 3.75. The first-order valence-electron chi connectivity index (χ1n) is 8.18. The Morgan fingerprint density at radius 3 is 2.29 bits per heavy atom. The Morgan fingerprint density at radius 1 is 1.05 bits per heavy atom. The van der Waals surface area contributed by atoms with Gasteiger partial charge in [0.05, 0.1) is 12.2 Å². The van der Waals surface area contributed by atoms with Gasteiger partial charge in [0, 0.05) is 5.69 Å². The van der Waals surface area contributed by atoms with Crippen molar-refractivity contribution in [2.45, 2.75) is 65.2 Å². The molecule has 0 saturated carbocycles. The van der Waals surface area contributed by atoms with Crippen LogP contribution in [-0.4, -0.2) is 12.6 Å². The zero-order chi connectivity index (χ0) is 15.5. The van der Waals surface area contributed by atoms with Gasteiger partial charge in [-0.1, -0.05) is 57.9 Å². The molecule has 0 fully saturated rings. The quantitative estimate of drug-likeness (QED) is 0.380. The second-order valence-corrected chi connectivity index (χ2v) is 5.68. The first-order chi connectivity index (χ1) is 10.1. The molecule has 0 aromatic heterocycles. The van der Waals surface area contributed by atoms with E-state index in [9.17, 15) is 4.79 Å². The minimum Gasteiger partial charge on any atom is -0.462 e. The monoisotopic (exact) mass is 291 g/mol. The number of hydrogen-bond donors (Lipinski definition) is 1. The lowest BCUT2D eigenvalue weighted by atomic mass is 10.1. The van der Waals surface area contributed by atoms with Gasteiger partial charge in [0.15, 0.2) is 0 Å². The highest BCUT2D eigenvalue weighted by molar-refractivity contribution is 5.90. The SMILES string of the molecule is CCCCCCCCCCOC(=O)c1ccc(C)c(N)c1. The van der Waals surface area contributed by atoms with E-state index in [-0.39, 0.29) is 5.97 Å². The van der Waals surface area contributed by atoms with E-state index in [1.165, 1.54) is 38.5 Å². The molecule has 1 aromatic rings. The average Bonchev–Trinajstić information content (AvgIpc) is 2.48. The summed E-state index contributed by atoms with van der Waals surface area (Å²) in [6, 6.07) is 5.30. The van der Waals surface area contributed by atoms with Gasteiger partial charge >= 0.3 is 5.97 Å². The summed E-state index contributed by atoms with van der Waals surface area (Å²) in [6.07, 6.45) is 9.92. The van der Waals surface area contributed by atoms with Crippen molar-refractivity contribution in [3.05, 3.63) is 29.3 Å². The number of aryl methyl sites for hydroxylation is 1. The Balaban J connectivity index is 2.09. The number of anilines is 1. The fourth-order valence-corrected chi connectivity index (χ4v) is 2.25. The predicted octanol–water partition coefficient (Wildman–Crippen LogP) is 4.87. The van der Waals surface area contributed by atoms with Crippen molar-refractivity contribution < 1.29 is 9.53 Å². The zero-order valence-corrected chi connectivity index (χ0v) is 13.5. The van der Waals surface area contributed by atoms with Crippen LogP contribution < -0.4 is 5.73 Å². The van der Waals surface area contributed by atoms with Crippen LogP contribution in [0, 0.1) is 6.92 Å². The summed E-state index contributed by atoms with van der Waals surface area (Å²) in [6.45, 7) is 4.66. The summed E-state index contributed by atoms with van der Waals surface area (Å²) >= 11 is 0. The molecule has 1 aromatic carbocycles. The van der Waals surface area contributed by atoms with Gasteiger partial charge in [-0.3, -0.25) is 0 Å². The molecule has 0 aliphatic heterocycles. The highest BCUT2D eigenvalue weighted by atomic mass is 16.5. The van der Waals surface area contributed by atoms with Crippen molar-refractivity contribution in [3.63, 3.8) is 0 Å². The second-order valence-electron chi connectivity index (χ2n) is 5.68. The third kappa shape index (κ3) is 7.16. The first kappa shape index (κ1) is 17.5. The molecule has 21 heavy (non-hydrogen) atoms. The fourth-order valence-electron chi connectivity index (χ4n) is 2.25. The number of rotatable bonds is 10. The van der Waals surface area contributed by atoms with Crippen LogP contribution in [-0.2, 0) is 4.74 Å². The molecule has 0 atom stereocenters. The topological polar surface area (TPSA) is 52.3 Å². The van der Waals surface area contributed by atoms with Gasteiger partial charge in [-0.25, -0.2) is 4.79 Å². The summed E-state index contributed by atoms with van der Waals surface area (Å²) in [5, 5.41) is 0. The van der Waals surface area contributed by atoms with Crippen molar-refractivity contribution in [2.75, 3.05) is 12.3 Å². The molecular weight excluding hydrogens is 262 g/mol. The maximum Gasteiger partial charge on any atom is 0.338 e. The van der Waals surface area contributed by atoms with Crippen LogP contribution in [0.1, 0.15) is 74.2 Å². The standard InChI is InChI=1S/C18H29NO2/c1-3-4-5-6-7-8-9-10-13-21-18(20)16-12-11-15(2)17(19)14-16/h11-12,14H,3-10,13,19H2,1-2H3. The van der Waals surface area contributed by atoms with Crippen LogP contribution in [0.15, 0.2) is 18.2 Å². The van der Waals surface area contributed by atoms with Crippen LogP contribution in [0.25, 0.3) is 0 Å². The molecular formula is C18H29NO2. The van der Waals surface area contributed by atoms with Gasteiger partial charge < -0.3 is 10.5 Å². The van der Waals surface area contributed by atoms with Gasteiger partial charge in [0.25, 0.3) is 0 Å². The van der Waals surface area contributed by atoms with Crippen molar-refractivity contribution >= 4 is 11.7 Å². The fraction of sp³-hybridized carbons (Fsp3) is 0.611. The highest BCUT2D eigenvalue weighted by Crippen LogP contribution is 2.14. The Bertz CT molecular complexity index is 429. The number of carbonyl (C=O) groups is 1. The lowest BCUT2D eigenvalue weighted by molar-refractivity contribution is 0.0497. The Morgan fingerprint density at radius 2 is 1.67 bits per heavy atom. The molecule has 3 heteroatoms. The van der Waals surface area contributed by atoms with Crippen molar-refractivity contribution in [2.24, 2.45) is 0 Å². The predicted molar refractivity (Wildman–Crippen MR) is 88.5 cm³/mol. The van der Waals surface area contributed by atoms with E-state index in [0.29, 0.717) is 17.9 Å². The van der Waals surface area contributed by atoms with E-state index in [4.69, 9.17) is 10.5 Å². The van der Waals surface area contributed by atoms with Gasteiger partial charge in [0.1, 0.15) is 0 Å². The van der Waals surface area contributed by atoms with E-state index >= 15 is 0 Å². The van der Waals surface area contributed by atoms with E-state index in [2.05, 4.69) is 6.92 Å². The third-order valence-corrected chi connectivity index (χ3v) is 3.75. The molecule has 0 unspecified atom stereocenters. The molecule has 0 heterocycles. The van der Waals surface area contributed by atoms with E-state index < -0.39 is 0 Å². The van der Waals surface area contributed by atoms with Crippen LogP contribution >= 0.6 is 0 Å². The van der Waals surface area contributed by atoms with Crippen molar-refractivity contribution in [1.29, 1.82) is 0 Å². The number of esters is 1. The Labute approximate surface area is 128 Å². The van der Waals surface area contributed by atoms with Gasteiger partial charge in [0.2, 0.25) is 0 Å². The number of benzene rings is 1. The minimum absolute atomic E-state index is 0.273.